The molecule has 0 fully saturated rings. The molecule has 0 aliphatic rings. The third kappa shape index (κ3) is 3.32. The van der Waals surface area contributed by atoms with Crippen LogP contribution in [0.25, 0.3) is 0 Å². The van der Waals surface area contributed by atoms with Crippen molar-refractivity contribution < 1.29 is 4.92 Å². The second kappa shape index (κ2) is 6.14. The number of nitrogens with one attached hydrogen (secondary N) is 1. The average Bonchev–Trinajstić information content (AvgIpc) is 2.82. The summed E-state index contributed by atoms with van der Waals surface area (Å²) in [7, 11) is 1.84. The highest BCUT2D eigenvalue weighted by Crippen LogP contribution is 2.30. The van der Waals surface area contributed by atoms with Crippen LogP contribution >= 0.6 is 22.9 Å². The van der Waals surface area contributed by atoms with E-state index in [0.717, 1.165) is 14.8 Å². The van der Waals surface area contributed by atoms with E-state index in [2.05, 4.69) is 5.32 Å². The molecule has 4 nitrogen and oxygen atoms in total. The number of rotatable bonds is 5. The average molecular weight is 297 g/mol. The van der Waals surface area contributed by atoms with E-state index in [0.29, 0.717) is 6.42 Å². The van der Waals surface area contributed by atoms with Crippen molar-refractivity contribution in [2.45, 2.75) is 12.5 Å². The maximum atomic E-state index is 11.0. The maximum absolute atomic E-state index is 11.0. The Hall–Kier alpha value is -1.43. The van der Waals surface area contributed by atoms with Gasteiger partial charge < -0.3 is 5.32 Å². The van der Waals surface area contributed by atoms with Crippen molar-refractivity contribution in [2.75, 3.05) is 7.05 Å². The summed E-state index contributed by atoms with van der Waals surface area (Å²) in [6.07, 6.45) is 0.560. The molecule has 6 heteroatoms. The monoisotopic (exact) mass is 296 g/mol. The fraction of sp³-hybridized carbons (Fsp3) is 0.231. The maximum Gasteiger partial charge on any atom is 0.272 e. The van der Waals surface area contributed by atoms with Crippen molar-refractivity contribution in [3.63, 3.8) is 0 Å². The van der Waals surface area contributed by atoms with Crippen LogP contribution in [0.2, 0.25) is 4.34 Å². The zero-order valence-electron chi connectivity index (χ0n) is 10.3. The normalized spacial score (nSPS) is 12.3. The second-order valence-electron chi connectivity index (χ2n) is 4.07. The van der Waals surface area contributed by atoms with Crippen LogP contribution in [0.15, 0.2) is 36.4 Å². The molecule has 0 aliphatic heterocycles. The highest BCUT2D eigenvalue weighted by Gasteiger charge is 2.18. The van der Waals surface area contributed by atoms with Crippen LogP contribution in [-0.2, 0) is 6.42 Å². The number of hydrogen-bond acceptors (Lipinski definition) is 4. The van der Waals surface area contributed by atoms with Gasteiger partial charge in [0.2, 0.25) is 0 Å². The molecular formula is C13H13ClN2O2S. The van der Waals surface area contributed by atoms with Gasteiger partial charge >= 0.3 is 0 Å². The Morgan fingerprint density at radius 2 is 2.11 bits per heavy atom. The van der Waals surface area contributed by atoms with Gasteiger partial charge in [0, 0.05) is 22.5 Å². The number of para-hydroxylation sites is 1. The van der Waals surface area contributed by atoms with Crippen molar-refractivity contribution in [1.29, 1.82) is 0 Å². The van der Waals surface area contributed by atoms with Crippen molar-refractivity contribution >= 4 is 28.6 Å². The van der Waals surface area contributed by atoms with Gasteiger partial charge in [-0.15, -0.1) is 11.3 Å². The minimum atomic E-state index is -0.344. The summed E-state index contributed by atoms with van der Waals surface area (Å²) in [6, 6.07) is 10.6. The van der Waals surface area contributed by atoms with Crippen molar-refractivity contribution in [1.82, 2.24) is 5.32 Å². The molecule has 1 N–H and O–H groups in total. The number of nitrogens with zero attached hydrogens (tertiary/aromatic N) is 1. The molecule has 2 rings (SSSR count). The zero-order valence-corrected chi connectivity index (χ0v) is 11.9. The molecule has 0 aliphatic carbocycles. The molecule has 2 aromatic rings. The van der Waals surface area contributed by atoms with Gasteiger partial charge in [-0.2, -0.15) is 0 Å². The van der Waals surface area contributed by atoms with Crippen LogP contribution in [0.4, 0.5) is 5.69 Å². The van der Waals surface area contributed by atoms with Gasteiger partial charge in [0.25, 0.3) is 5.69 Å². The van der Waals surface area contributed by atoms with E-state index in [1.807, 2.05) is 25.2 Å². The van der Waals surface area contributed by atoms with E-state index >= 15 is 0 Å². The number of halogens is 1. The standard InChI is InChI=1S/C13H13ClN2O2S/c1-15-10(12-6-7-13(14)19-12)8-9-4-2-3-5-11(9)16(17)18/h2-7,10,15H,8H2,1H3. The van der Waals surface area contributed by atoms with Crippen LogP contribution in [0.1, 0.15) is 16.5 Å². The van der Waals surface area contributed by atoms with Crippen LogP contribution in [-0.4, -0.2) is 12.0 Å². The van der Waals surface area contributed by atoms with Gasteiger partial charge in [0.05, 0.1) is 9.26 Å². The quantitative estimate of drug-likeness (QED) is 0.674. The molecule has 0 saturated heterocycles. The van der Waals surface area contributed by atoms with Crippen molar-refractivity contribution in [2.24, 2.45) is 0 Å². The minimum absolute atomic E-state index is 0.0265. The SMILES string of the molecule is CNC(Cc1ccccc1[N+](=O)[O-])c1ccc(Cl)s1. The first kappa shape index (κ1) is 14.0. The lowest BCUT2D eigenvalue weighted by Gasteiger charge is -2.14. The Bertz CT molecular complexity index is 586. The van der Waals surface area contributed by atoms with Gasteiger partial charge in [-0.1, -0.05) is 29.8 Å². The first-order valence-electron chi connectivity index (χ1n) is 5.76. The molecule has 1 heterocycles. The third-order valence-electron chi connectivity index (χ3n) is 2.90. The van der Waals surface area contributed by atoms with Gasteiger partial charge in [-0.25, -0.2) is 0 Å². The van der Waals surface area contributed by atoms with Crippen LogP contribution in [0, 0.1) is 10.1 Å². The lowest BCUT2D eigenvalue weighted by molar-refractivity contribution is -0.385. The topological polar surface area (TPSA) is 55.2 Å². The van der Waals surface area contributed by atoms with E-state index in [4.69, 9.17) is 11.6 Å². The fourth-order valence-corrected chi connectivity index (χ4v) is 3.11. The number of nitro groups is 1. The van der Waals surface area contributed by atoms with E-state index in [-0.39, 0.29) is 16.7 Å². The van der Waals surface area contributed by atoms with Crippen LogP contribution < -0.4 is 5.32 Å². The lowest BCUT2D eigenvalue weighted by atomic mass is 10.0. The van der Waals surface area contributed by atoms with E-state index in [9.17, 15) is 10.1 Å². The molecule has 0 saturated carbocycles. The third-order valence-corrected chi connectivity index (χ3v) is 4.24. The Kier molecular flexibility index (Phi) is 4.52. The summed E-state index contributed by atoms with van der Waals surface area (Å²) in [5, 5.41) is 14.2. The smallest absolute Gasteiger partial charge is 0.272 e. The number of nitro benzene ring substituents is 1. The molecule has 0 radical (unpaired) electrons. The molecular weight excluding hydrogens is 284 g/mol. The Balaban J connectivity index is 2.26. The highest BCUT2D eigenvalue weighted by atomic mass is 35.5. The van der Waals surface area contributed by atoms with Crippen LogP contribution in [0.3, 0.4) is 0 Å². The predicted molar refractivity (Wildman–Crippen MR) is 77.9 cm³/mol. The molecule has 1 unspecified atom stereocenters. The Morgan fingerprint density at radius 1 is 1.37 bits per heavy atom. The number of hydrogen-bond donors (Lipinski definition) is 1. The molecule has 1 atom stereocenters. The fourth-order valence-electron chi connectivity index (χ4n) is 1.94. The van der Waals surface area contributed by atoms with Gasteiger partial charge in [-0.05, 0) is 25.6 Å². The highest BCUT2D eigenvalue weighted by molar-refractivity contribution is 7.16. The predicted octanol–water partition coefficient (Wildman–Crippen LogP) is 3.81. The van der Waals surface area contributed by atoms with Gasteiger partial charge in [0.1, 0.15) is 0 Å². The Morgan fingerprint density at radius 3 is 2.68 bits per heavy atom. The minimum Gasteiger partial charge on any atom is -0.312 e. The first-order chi connectivity index (χ1) is 9.11. The van der Waals surface area contributed by atoms with E-state index in [1.54, 1.807) is 12.1 Å². The number of benzene rings is 1. The molecule has 0 amide bonds. The number of likely N-dealkylation sites (N-methyl/N-ethyl adjacent to an activating group) is 1. The van der Waals surface area contributed by atoms with Crippen LogP contribution in [0.5, 0.6) is 0 Å². The van der Waals surface area contributed by atoms with Crippen molar-refractivity contribution in [3.05, 3.63) is 61.3 Å². The zero-order chi connectivity index (χ0) is 13.8. The summed E-state index contributed by atoms with van der Waals surface area (Å²) in [5.74, 6) is 0. The molecule has 1 aromatic heterocycles. The second-order valence-corrected chi connectivity index (χ2v) is 5.82. The molecule has 0 bridgehead atoms. The molecule has 0 spiro atoms. The molecule has 100 valence electrons. The van der Waals surface area contributed by atoms with Gasteiger partial charge in [-0.3, -0.25) is 10.1 Å². The lowest BCUT2D eigenvalue weighted by Crippen LogP contribution is -2.18. The largest absolute Gasteiger partial charge is 0.312 e. The summed E-state index contributed by atoms with van der Waals surface area (Å²) in [5.41, 5.74) is 0.877. The first-order valence-corrected chi connectivity index (χ1v) is 6.96. The Labute approximate surface area is 120 Å². The number of thiophene rings is 1. The summed E-state index contributed by atoms with van der Waals surface area (Å²) in [4.78, 5) is 11.7. The van der Waals surface area contributed by atoms with Gasteiger partial charge in [0.15, 0.2) is 0 Å². The molecule has 1 aromatic carbocycles. The summed E-state index contributed by atoms with van der Waals surface area (Å²) < 4.78 is 0.720. The van der Waals surface area contributed by atoms with E-state index in [1.165, 1.54) is 17.4 Å². The molecule has 19 heavy (non-hydrogen) atoms. The van der Waals surface area contributed by atoms with E-state index < -0.39 is 0 Å². The van der Waals surface area contributed by atoms with Crippen molar-refractivity contribution in [3.8, 4) is 0 Å². The summed E-state index contributed by atoms with van der Waals surface area (Å²) in [6.45, 7) is 0. The summed E-state index contributed by atoms with van der Waals surface area (Å²) >= 11 is 7.42.